The number of benzene rings is 2. The molecule has 0 fully saturated rings. The minimum absolute atomic E-state index is 0.0166. The van der Waals surface area contributed by atoms with Gasteiger partial charge in [0.2, 0.25) is 0 Å². The van der Waals surface area contributed by atoms with Crippen LogP contribution in [0.15, 0.2) is 54.1 Å². The highest BCUT2D eigenvalue weighted by molar-refractivity contribution is 6.02. The molecule has 2 aromatic carbocycles. The molecule has 0 bridgehead atoms. The number of rotatable bonds is 8. The number of amides is 1. The summed E-state index contributed by atoms with van der Waals surface area (Å²) in [6.45, 7) is 6.67. The Morgan fingerprint density at radius 1 is 1.15 bits per heavy atom. The van der Waals surface area contributed by atoms with Crippen LogP contribution in [0.25, 0.3) is 6.08 Å². The van der Waals surface area contributed by atoms with E-state index in [0.717, 1.165) is 5.56 Å². The van der Waals surface area contributed by atoms with E-state index < -0.39 is 5.91 Å². The molecule has 5 heteroatoms. The molecule has 0 aliphatic rings. The third kappa shape index (κ3) is 5.61. The maximum Gasteiger partial charge on any atom is 0.262 e. The number of ether oxygens (including phenoxy) is 2. The fourth-order valence-electron chi connectivity index (χ4n) is 2.57. The summed E-state index contributed by atoms with van der Waals surface area (Å²) in [5, 5.41) is 12.3. The van der Waals surface area contributed by atoms with Crippen LogP contribution >= 0.6 is 0 Å². The summed E-state index contributed by atoms with van der Waals surface area (Å²) in [5.74, 6) is 0.823. The average Bonchev–Trinajstić information content (AvgIpc) is 2.68. The molecule has 2 aromatic rings. The molecule has 0 aliphatic carbocycles. The van der Waals surface area contributed by atoms with Crippen LogP contribution < -0.4 is 14.8 Å². The van der Waals surface area contributed by atoms with Gasteiger partial charge >= 0.3 is 0 Å². The van der Waals surface area contributed by atoms with Crippen LogP contribution in [0.4, 0.5) is 0 Å². The third-order valence-corrected chi connectivity index (χ3v) is 3.91. The second-order valence-corrected chi connectivity index (χ2v) is 5.84. The molecule has 2 rings (SSSR count). The van der Waals surface area contributed by atoms with E-state index in [1.165, 1.54) is 6.08 Å². The van der Waals surface area contributed by atoms with E-state index in [0.29, 0.717) is 30.3 Å². The molecule has 0 radical (unpaired) electrons. The molecule has 0 heterocycles. The Morgan fingerprint density at radius 2 is 1.85 bits per heavy atom. The first-order chi connectivity index (χ1) is 13.1. The van der Waals surface area contributed by atoms with E-state index in [1.807, 2.05) is 57.2 Å². The van der Waals surface area contributed by atoms with E-state index in [1.54, 1.807) is 18.2 Å². The Balaban J connectivity index is 2.24. The summed E-state index contributed by atoms with van der Waals surface area (Å²) in [7, 11) is 0. The third-order valence-electron chi connectivity index (χ3n) is 3.91. The van der Waals surface area contributed by atoms with Crippen molar-refractivity contribution < 1.29 is 14.3 Å². The van der Waals surface area contributed by atoms with Crippen molar-refractivity contribution in [2.24, 2.45) is 0 Å². The van der Waals surface area contributed by atoms with Crippen LogP contribution in [-0.4, -0.2) is 19.1 Å². The van der Waals surface area contributed by atoms with Gasteiger partial charge in [-0.2, -0.15) is 5.26 Å². The SMILES string of the molecule is CCOc1ccc(/C=C(\C#N)C(=O)N[C@@H](C)c2ccccc2)c(OCC)c1. The Morgan fingerprint density at radius 3 is 2.48 bits per heavy atom. The summed E-state index contributed by atoms with van der Waals surface area (Å²) >= 11 is 0. The van der Waals surface area contributed by atoms with Crippen LogP contribution in [0.3, 0.4) is 0 Å². The first kappa shape index (κ1) is 20.1. The minimum atomic E-state index is -0.426. The molecular formula is C22H24N2O3. The number of nitrogens with zero attached hydrogens (tertiary/aromatic N) is 1. The molecule has 1 atom stereocenters. The molecule has 1 N–H and O–H groups in total. The second-order valence-electron chi connectivity index (χ2n) is 5.84. The van der Waals surface area contributed by atoms with Gasteiger partial charge in [-0.25, -0.2) is 0 Å². The predicted octanol–water partition coefficient (Wildman–Crippen LogP) is 4.27. The van der Waals surface area contributed by atoms with Gasteiger partial charge in [0.1, 0.15) is 23.1 Å². The average molecular weight is 364 g/mol. The lowest BCUT2D eigenvalue weighted by molar-refractivity contribution is -0.117. The van der Waals surface area contributed by atoms with Gasteiger partial charge in [-0.15, -0.1) is 0 Å². The van der Waals surface area contributed by atoms with E-state index >= 15 is 0 Å². The summed E-state index contributed by atoms with van der Waals surface area (Å²) in [6.07, 6.45) is 1.54. The van der Waals surface area contributed by atoms with Crippen molar-refractivity contribution in [3.05, 3.63) is 65.2 Å². The number of nitriles is 1. The summed E-state index contributed by atoms with van der Waals surface area (Å²) in [5.41, 5.74) is 1.64. The minimum Gasteiger partial charge on any atom is -0.494 e. The maximum absolute atomic E-state index is 12.5. The van der Waals surface area contributed by atoms with Crippen molar-refractivity contribution in [1.29, 1.82) is 5.26 Å². The van der Waals surface area contributed by atoms with Gasteiger partial charge in [0.05, 0.1) is 19.3 Å². The summed E-state index contributed by atoms with van der Waals surface area (Å²) < 4.78 is 11.1. The number of carbonyl (C=O) groups excluding carboxylic acids is 1. The molecule has 140 valence electrons. The van der Waals surface area contributed by atoms with Gasteiger partial charge in [-0.05, 0) is 44.5 Å². The van der Waals surface area contributed by atoms with Gasteiger partial charge in [0.15, 0.2) is 0 Å². The van der Waals surface area contributed by atoms with Gasteiger partial charge in [-0.1, -0.05) is 30.3 Å². The fourth-order valence-corrected chi connectivity index (χ4v) is 2.57. The van der Waals surface area contributed by atoms with E-state index in [4.69, 9.17) is 9.47 Å². The first-order valence-electron chi connectivity index (χ1n) is 8.96. The smallest absolute Gasteiger partial charge is 0.262 e. The van der Waals surface area contributed by atoms with Crippen LogP contribution in [-0.2, 0) is 4.79 Å². The lowest BCUT2D eigenvalue weighted by atomic mass is 10.1. The number of nitrogens with one attached hydrogen (secondary N) is 1. The van der Waals surface area contributed by atoms with Crippen molar-refractivity contribution in [1.82, 2.24) is 5.32 Å². The number of hydrogen-bond donors (Lipinski definition) is 1. The highest BCUT2D eigenvalue weighted by atomic mass is 16.5. The van der Waals surface area contributed by atoms with Crippen LogP contribution in [0.5, 0.6) is 11.5 Å². The van der Waals surface area contributed by atoms with E-state index in [2.05, 4.69) is 5.32 Å². The summed E-state index contributed by atoms with van der Waals surface area (Å²) in [4.78, 5) is 12.5. The second kappa shape index (κ2) is 10.0. The van der Waals surface area contributed by atoms with Crippen molar-refractivity contribution in [2.75, 3.05) is 13.2 Å². The van der Waals surface area contributed by atoms with E-state index in [9.17, 15) is 10.1 Å². The lowest BCUT2D eigenvalue weighted by Gasteiger charge is -2.14. The topological polar surface area (TPSA) is 71.3 Å². The Kier molecular flexibility index (Phi) is 7.45. The van der Waals surface area contributed by atoms with Gasteiger partial charge < -0.3 is 14.8 Å². The predicted molar refractivity (Wildman–Crippen MR) is 105 cm³/mol. The normalized spacial score (nSPS) is 12.0. The molecule has 5 nitrogen and oxygen atoms in total. The van der Waals surface area contributed by atoms with Crippen molar-refractivity contribution >= 4 is 12.0 Å². The molecule has 0 spiro atoms. The molecule has 0 aromatic heterocycles. The quantitative estimate of drug-likeness (QED) is 0.561. The lowest BCUT2D eigenvalue weighted by Crippen LogP contribution is -2.27. The largest absolute Gasteiger partial charge is 0.494 e. The van der Waals surface area contributed by atoms with Gasteiger partial charge in [-0.3, -0.25) is 4.79 Å². The van der Waals surface area contributed by atoms with Crippen LogP contribution in [0.1, 0.15) is 37.9 Å². The molecule has 0 unspecified atom stereocenters. The Hall–Kier alpha value is -3.26. The van der Waals surface area contributed by atoms with Crippen molar-refractivity contribution in [2.45, 2.75) is 26.8 Å². The van der Waals surface area contributed by atoms with Gasteiger partial charge in [0, 0.05) is 11.6 Å². The van der Waals surface area contributed by atoms with E-state index in [-0.39, 0.29) is 11.6 Å². The Labute approximate surface area is 160 Å². The van der Waals surface area contributed by atoms with Crippen LogP contribution in [0.2, 0.25) is 0 Å². The molecule has 1 amide bonds. The Bertz CT molecular complexity index is 838. The molecule has 0 saturated carbocycles. The van der Waals surface area contributed by atoms with Crippen molar-refractivity contribution in [3.8, 4) is 17.6 Å². The highest BCUT2D eigenvalue weighted by Crippen LogP contribution is 2.27. The zero-order chi connectivity index (χ0) is 19.6. The number of carbonyl (C=O) groups is 1. The maximum atomic E-state index is 12.5. The van der Waals surface area contributed by atoms with Crippen LogP contribution in [0, 0.1) is 11.3 Å². The standard InChI is InChI=1S/C22H24N2O3/c1-4-26-20-12-11-18(21(14-20)27-5-2)13-19(15-23)22(25)24-16(3)17-9-7-6-8-10-17/h6-14,16H,4-5H2,1-3H3,(H,24,25)/b19-13+/t16-/m0/s1. The zero-order valence-corrected chi connectivity index (χ0v) is 15.9. The van der Waals surface area contributed by atoms with Gasteiger partial charge in [0.25, 0.3) is 5.91 Å². The molecule has 0 saturated heterocycles. The highest BCUT2D eigenvalue weighted by Gasteiger charge is 2.15. The monoisotopic (exact) mass is 364 g/mol. The summed E-state index contributed by atoms with van der Waals surface area (Å²) in [6, 6.07) is 16.7. The zero-order valence-electron chi connectivity index (χ0n) is 15.9. The van der Waals surface area contributed by atoms with Crippen molar-refractivity contribution in [3.63, 3.8) is 0 Å². The number of hydrogen-bond acceptors (Lipinski definition) is 4. The first-order valence-corrected chi connectivity index (χ1v) is 8.96. The molecular weight excluding hydrogens is 340 g/mol. The fraction of sp³-hybridized carbons (Fsp3) is 0.273. The molecule has 27 heavy (non-hydrogen) atoms. The molecule has 0 aliphatic heterocycles.